The molecule has 0 aliphatic rings. The van der Waals surface area contributed by atoms with E-state index in [4.69, 9.17) is 4.74 Å². The van der Waals surface area contributed by atoms with E-state index in [2.05, 4.69) is 20.9 Å². The number of likely N-dealkylation sites (N-methyl/N-ethyl adjacent to an activating group) is 1. The van der Waals surface area contributed by atoms with Gasteiger partial charge < -0.3 is 9.64 Å². The molecule has 0 saturated heterocycles. The van der Waals surface area contributed by atoms with E-state index < -0.39 is 0 Å². The predicted molar refractivity (Wildman–Crippen MR) is 85.6 cm³/mol. The van der Waals surface area contributed by atoms with E-state index in [-0.39, 0.29) is 5.91 Å². The molecule has 110 valence electrons. The average Bonchev–Trinajstić information content (AvgIpc) is 2.48. The molecule has 0 N–H and O–H groups in total. The Kier molecular flexibility index (Phi) is 5.33. The minimum atomic E-state index is -0.0496. The number of rotatable bonds is 5. The van der Waals surface area contributed by atoms with Gasteiger partial charge in [0.15, 0.2) is 0 Å². The van der Waals surface area contributed by atoms with Gasteiger partial charge in [0, 0.05) is 18.8 Å². The Morgan fingerprint density at radius 2 is 2.10 bits per heavy atom. The zero-order valence-corrected chi connectivity index (χ0v) is 13.6. The summed E-state index contributed by atoms with van der Waals surface area (Å²) in [6.45, 7) is 2.98. The van der Waals surface area contributed by atoms with Crippen molar-refractivity contribution in [3.05, 3.63) is 58.3 Å². The molecule has 2 aromatic rings. The lowest BCUT2D eigenvalue weighted by molar-refractivity contribution is 0.0773. The number of hydrogen-bond acceptors (Lipinski definition) is 3. The molecular formula is C16H17BrN2O2. The Labute approximate surface area is 132 Å². The van der Waals surface area contributed by atoms with Gasteiger partial charge >= 0.3 is 0 Å². The van der Waals surface area contributed by atoms with Crippen molar-refractivity contribution < 1.29 is 9.53 Å². The molecule has 0 bridgehead atoms. The van der Waals surface area contributed by atoms with Crippen LogP contribution in [-0.2, 0) is 0 Å². The van der Waals surface area contributed by atoms with Crippen molar-refractivity contribution in [1.82, 2.24) is 9.88 Å². The Morgan fingerprint density at radius 3 is 2.81 bits per heavy atom. The maximum absolute atomic E-state index is 12.2. The zero-order valence-electron chi connectivity index (χ0n) is 12.0. The van der Waals surface area contributed by atoms with Crippen molar-refractivity contribution in [2.45, 2.75) is 6.92 Å². The lowest BCUT2D eigenvalue weighted by Crippen LogP contribution is -2.31. The second kappa shape index (κ2) is 7.22. The summed E-state index contributed by atoms with van der Waals surface area (Å²) in [5.74, 6) is 0.802. The molecule has 0 radical (unpaired) electrons. The molecule has 2 rings (SSSR count). The van der Waals surface area contributed by atoms with Gasteiger partial charge in [-0.05, 0) is 46.6 Å². The van der Waals surface area contributed by atoms with E-state index in [1.54, 1.807) is 30.3 Å². The largest absolute Gasteiger partial charge is 0.491 e. The number of halogens is 1. The van der Waals surface area contributed by atoms with E-state index in [9.17, 15) is 4.79 Å². The highest BCUT2D eigenvalue weighted by atomic mass is 79.9. The number of benzene rings is 1. The van der Waals surface area contributed by atoms with Gasteiger partial charge in [-0.25, -0.2) is 4.98 Å². The van der Waals surface area contributed by atoms with Gasteiger partial charge in [0.25, 0.3) is 5.91 Å². The number of para-hydroxylation sites is 1. The summed E-state index contributed by atoms with van der Waals surface area (Å²) in [6, 6.07) is 11.2. The van der Waals surface area contributed by atoms with Gasteiger partial charge in [-0.15, -0.1) is 0 Å². The van der Waals surface area contributed by atoms with Crippen molar-refractivity contribution in [1.29, 1.82) is 0 Å². The van der Waals surface area contributed by atoms with Gasteiger partial charge in [0.2, 0.25) is 0 Å². The van der Waals surface area contributed by atoms with Crippen LogP contribution in [-0.4, -0.2) is 36.0 Å². The first kappa shape index (κ1) is 15.5. The third-order valence-corrected chi connectivity index (χ3v) is 3.53. The average molecular weight is 349 g/mol. The molecule has 21 heavy (non-hydrogen) atoms. The van der Waals surface area contributed by atoms with Crippen LogP contribution in [0.2, 0.25) is 0 Å². The van der Waals surface area contributed by atoms with Crippen LogP contribution in [0.3, 0.4) is 0 Å². The van der Waals surface area contributed by atoms with E-state index in [1.165, 1.54) is 0 Å². The molecule has 1 aromatic heterocycles. The summed E-state index contributed by atoms with van der Waals surface area (Å²) in [7, 11) is 1.76. The highest BCUT2D eigenvalue weighted by molar-refractivity contribution is 9.10. The van der Waals surface area contributed by atoms with Crippen molar-refractivity contribution in [2.75, 3.05) is 20.2 Å². The van der Waals surface area contributed by atoms with Crippen LogP contribution in [0.5, 0.6) is 5.75 Å². The van der Waals surface area contributed by atoms with Crippen LogP contribution in [0.1, 0.15) is 15.9 Å². The second-order valence-electron chi connectivity index (χ2n) is 4.71. The van der Waals surface area contributed by atoms with Crippen LogP contribution >= 0.6 is 15.9 Å². The molecule has 0 atom stereocenters. The maximum atomic E-state index is 12.2. The van der Waals surface area contributed by atoms with E-state index in [0.717, 1.165) is 11.3 Å². The summed E-state index contributed by atoms with van der Waals surface area (Å²) in [5, 5.41) is 0. The molecular weight excluding hydrogens is 332 g/mol. The molecule has 0 aliphatic heterocycles. The number of pyridine rings is 1. The SMILES string of the molecule is Cc1ccccc1OCCN(C)C(=O)c1ccnc(Br)c1. The first-order chi connectivity index (χ1) is 10.1. The number of hydrogen-bond donors (Lipinski definition) is 0. The molecule has 0 saturated carbocycles. The van der Waals surface area contributed by atoms with Crippen LogP contribution in [0.15, 0.2) is 47.2 Å². The molecule has 1 heterocycles. The van der Waals surface area contributed by atoms with Crippen molar-refractivity contribution >= 4 is 21.8 Å². The van der Waals surface area contributed by atoms with Crippen LogP contribution in [0, 0.1) is 6.92 Å². The molecule has 0 fully saturated rings. The number of amides is 1. The fourth-order valence-corrected chi connectivity index (χ4v) is 2.23. The third kappa shape index (κ3) is 4.29. The van der Waals surface area contributed by atoms with Crippen LogP contribution in [0.25, 0.3) is 0 Å². The molecule has 5 heteroatoms. The number of carbonyl (C=O) groups is 1. The van der Waals surface area contributed by atoms with Crippen molar-refractivity contribution in [3.8, 4) is 5.75 Å². The van der Waals surface area contributed by atoms with E-state index >= 15 is 0 Å². The summed E-state index contributed by atoms with van der Waals surface area (Å²) in [6.07, 6.45) is 1.61. The van der Waals surface area contributed by atoms with Crippen molar-refractivity contribution in [3.63, 3.8) is 0 Å². The Hall–Kier alpha value is -1.88. The van der Waals surface area contributed by atoms with Gasteiger partial charge in [-0.3, -0.25) is 4.79 Å². The Morgan fingerprint density at radius 1 is 1.33 bits per heavy atom. The Balaban J connectivity index is 1.89. The third-order valence-electron chi connectivity index (χ3n) is 3.10. The minimum Gasteiger partial charge on any atom is -0.491 e. The molecule has 1 aromatic carbocycles. The minimum absolute atomic E-state index is 0.0496. The van der Waals surface area contributed by atoms with Gasteiger partial charge in [-0.1, -0.05) is 18.2 Å². The predicted octanol–water partition coefficient (Wildman–Crippen LogP) is 3.30. The first-order valence-corrected chi connectivity index (χ1v) is 7.42. The fraction of sp³-hybridized carbons (Fsp3) is 0.250. The maximum Gasteiger partial charge on any atom is 0.253 e. The molecule has 1 amide bonds. The molecule has 0 unspecified atom stereocenters. The van der Waals surface area contributed by atoms with Gasteiger partial charge in [0.05, 0.1) is 6.54 Å². The first-order valence-electron chi connectivity index (χ1n) is 6.63. The highest BCUT2D eigenvalue weighted by Gasteiger charge is 2.12. The summed E-state index contributed by atoms with van der Waals surface area (Å²) < 4.78 is 6.35. The Bertz CT molecular complexity index is 631. The summed E-state index contributed by atoms with van der Waals surface area (Å²) in [5.41, 5.74) is 1.69. The zero-order chi connectivity index (χ0) is 15.2. The lowest BCUT2D eigenvalue weighted by atomic mass is 10.2. The lowest BCUT2D eigenvalue weighted by Gasteiger charge is -2.18. The van der Waals surface area contributed by atoms with Gasteiger partial charge in [0.1, 0.15) is 17.0 Å². The number of aromatic nitrogens is 1. The highest BCUT2D eigenvalue weighted by Crippen LogP contribution is 2.16. The smallest absolute Gasteiger partial charge is 0.253 e. The van der Waals surface area contributed by atoms with E-state index in [0.29, 0.717) is 23.3 Å². The number of ether oxygens (including phenoxy) is 1. The second-order valence-corrected chi connectivity index (χ2v) is 5.52. The molecule has 0 aliphatic carbocycles. The number of aryl methyl sites for hydroxylation is 1. The normalized spacial score (nSPS) is 10.2. The fourth-order valence-electron chi connectivity index (χ4n) is 1.87. The van der Waals surface area contributed by atoms with Crippen molar-refractivity contribution in [2.24, 2.45) is 0 Å². The topological polar surface area (TPSA) is 42.4 Å². The monoisotopic (exact) mass is 348 g/mol. The van der Waals surface area contributed by atoms with Crippen LogP contribution in [0.4, 0.5) is 0 Å². The molecule has 4 nitrogen and oxygen atoms in total. The van der Waals surface area contributed by atoms with E-state index in [1.807, 2.05) is 31.2 Å². The summed E-state index contributed by atoms with van der Waals surface area (Å²) in [4.78, 5) is 17.9. The number of carbonyl (C=O) groups excluding carboxylic acids is 1. The standard InChI is InChI=1S/C16H17BrN2O2/c1-12-5-3-4-6-14(12)21-10-9-19(2)16(20)13-7-8-18-15(17)11-13/h3-8,11H,9-10H2,1-2H3. The quantitative estimate of drug-likeness (QED) is 0.778. The van der Waals surface area contributed by atoms with Crippen LogP contribution < -0.4 is 4.74 Å². The van der Waals surface area contributed by atoms with Gasteiger partial charge in [-0.2, -0.15) is 0 Å². The molecule has 0 spiro atoms. The summed E-state index contributed by atoms with van der Waals surface area (Å²) >= 11 is 3.26. The number of nitrogens with zero attached hydrogens (tertiary/aromatic N) is 2.